The van der Waals surface area contributed by atoms with Crippen molar-refractivity contribution in [3.8, 4) is 11.8 Å². The van der Waals surface area contributed by atoms with Gasteiger partial charge in [-0.25, -0.2) is 0 Å². The van der Waals surface area contributed by atoms with Gasteiger partial charge in [-0.3, -0.25) is 4.79 Å². The molecule has 0 saturated heterocycles. The van der Waals surface area contributed by atoms with Gasteiger partial charge >= 0.3 is 0 Å². The third-order valence-electron chi connectivity index (χ3n) is 5.22. The topological polar surface area (TPSA) is 62.1 Å². The summed E-state index contributed by atoms with van der Waals surface area (Å²) in [4.78, 5) is 12.4. The second kappa shape index (κ2) is 10.4. The van der Waals surface area contributed by atoms with Gasteiger partial charge in [0.05, 0.1) is 16.7 Å². The zero-order chi connectivity index (χ0) is 22.3. The number of hydrogen-bond donors (Lipinski definition) is 1. The van der Waals surface area contributed by atoms with Crippen LogP contribution in [0.3, 0.4) is 0 Å². The minimum atomic E-state index is -0.286. The van der Waals surface area contributed by atoms with Gasteiger partial charge in [-0.05, 0) is 34.9 Å². The second-order valence-corrected chi connectivity index (χ2v) is 8.78. The summed E-state index contributed by atoms with van der Waals surface area (Å²) in [6.45, 7) is 0.484. The van der Waals surface area contributed by atoms with Crippen molar-refractivity contribution in [3.63, 3.8) is 0 Å². The molecule has 1 aliphatic heterocycles. The van der Waals surface area contributed by atoms with E-state index in [0.29, 0.717) is 28.0 Å². The standard InChI is InChI=1S/C26H21ClN2O2S/c27-24-9-5-4-8-20(24)17-32-26-23(15-28)22(14-25(30)29-26)19-10-12-21(13-11-19)31-16-18-6-2-1-3-7-18/h1-13,22H,14,16-17H2,(H,29,30). The molecule has 0 aromatic heterocycles. The molecule has 1 aliphatic rings. The number of allylic oxidation sites excluding steroid dienone is 1. The highest BCUT2D eigenvalue weighted by Gasteiger charge is 2.29. The third-order valence-corrected chi connectivity index (χ3v) is 6.65. The number of benzene rings is 3. The number of amides is 1. The van der Waals surface area contributed by atoms with E-state index in [1.165, 1.54) is 11.8 Å². The zero-order valence-corrected chi connectivity index (χ0v) is 18.8. The lowest BCUT2D eigenvalue weighted by Gasteiger charge is -2.25. The molecule has 3 aromatic rings. The average Bonchev–Trinajstić information content (AvgIpc) is 2.83. The van der Waals surface area contributed by atoms with Crippen molar-refractivity contribution in [2.75, 3.05) is 0 Å². The number of thioether (sulfide) groups is 1. The fourth-order valence-electron chi connectivity index (χ4n) is 3.52. The Balaban J connectivity index is 1.49. The first-order valence-electron chi connectivity index (χ1n) is 10.2. The van der Waals surface area contributed by atoms with Crippen LogP contribution in [0.15, 0.2) is 89.5 Å². The van der Waals surface area contributed by atoms with Gasteiger partial charge in [-0.15, -0.1) is 11.8 Å². The lowest BCUT2D eigenvalue weighted by atomic mass is 9.87. The molecule has 1 unspecified atom stereocenters. The van der Waals surface area contributed by atoms with Crippen LogP contribution in [0.4, 0.5) is 0 Å². The quantitative estimate of drug-likeness (QED) is 0.456. The number of hydrogen-bond acceptors (Lipinski definition) is 4. The van der Waals surface area contributed by atoms with Gasteiger partial charge in [0.2, 0.25) is 5.91 Å². The highest BCUT2D eigenvalue weighted by molar-refractivity contribution is 8.02. The Bertz CT molecular complexity index is 1170. The summed E-state index contributed by atoms with van der Waals surface area (Å²) in [6.07, 6.45) is 0.239. The number of nitrogens with one attached hydrogen (secondary N) is 1. The molecule has 4 nitrogen and oxygen atoms in total. The molecule has 4 rings (SSSR count). The van der Waals surface area contributed by atoms with E-state index >= 15 is 0 Å². The molecule has 0 saturated carbocycles. The van der Waals surface area contributed by atoms with Gasteiger partial charge in [0.25, 0.3) is 0 Å². The summed E-state index contributed by atoms with van der Waals surface area (Å²) in [5.41, 5.74) is 3.54. The van der Waals surface area contributed by atoms with E-state index in [-0.39, 0.29) is 18.2 Å². The molecule has 0 radical (unpaired) electrons. The van der Waals surface area contributed by atoms with E-state index in [2.05, 4.69) is 11.4 Å². The molecular weight excluding hydrogens is 440 g/mol. The highest BCUT2D eigenvalue weighted by atomic mass is 35.5. The van der Waals surface area contributed by atoms with Crippen molar-refractivity contribution in [1.82, 2.24) is 5.32 Å². The number of ether oxygens (including phenoxy) is 1. The molecule has 0 spiro atoms. The number of nitrogens with zero attached hydrogens (tertiary/aromatic N) is 1. The fraction of sp³-hybridized carbons (Fsp3) is 0.154. The normalized spacial score (nSPS) is 15.8. The SMILES string of the molecule is N#CC1=C(SCc2ccccc2Cl)NC(=O)CC1c1ccc(OCc2ccccc2)cc1. The number of halogens is 1. The van der Waals surface area contributed by atoms with E-state index in [1.807, 2.05) is 78.9 Å². The van der Waals surface area contributed by atoms with Crippen LogP contribution in [0.2, 0.25) is 5.02 Å². The van der Waals surface area contributed by atoms with Crippen molar-refractivity contribution in [3.05, 3.63) is 111 Å². The Hall–Kier alpha value is -3.20. The monoisotopic (exact) mass is 460 g/mol. The lowest BCUT2D eigenvalue weighted by Crippen LogP contribution is -2.30. The largest absolute Gasteiger partial charge is 0.489 e. The van der Waals surface area contributed by atoms with Crippen molar-refractivity contribution in [1.29, 1.82) is 5.26 Å². The number of rotatable bonds is 7. The predicted octanol–water partition coefficient (Wildman–Crippen LogP) is 6.19. The average molecular weight is 461 g/mol. The summed E-state index contributed by atoms with van der Waals surface area (Å²) >= 11 is 7.68. The Morgan fingerprint density at radius 2 is 1.75 bits per heavy atom. The molecule has 3 aromatic carbocycles. The number of nitriles is 1. The summed E-state index contributed by atoms with van der Waals surface area (Å²) in [7, 11) is 0. The summed E-state index contributed by atoms with van der Waals surface area (Å²) < 4.78 is 5.86. The smallest absolute Gasteiger partial charge is 0.225 e. The Kier molecular flexibility index (Phi) is 7.16. The molecule has 160 valence electrons. The lowest BCUT2D eigenvalue weighted by molar-refractivity contribution is -0.120. The molecule has 1 amide bonds. The van der Waals surface area contributed by atoms with Crippen LogP contribution >= 0.6 is 23.4 Å². The molecule has 0 aliphatic carbocycles. The van der Waals surface area contributed by atoms with Gasteiger partial charge in [-0.2, -0.15) is 5.26 Å². The molecule has 0 fully saturated rings. The van der Waals surface area contributed by atoms with Gasteiger partial charge < -0.3 is 10.1 Å². The first-order chi connectivity index (χ1) is 15.6. The van der Waals surface area contributed by atoms with Crippen LogP contribution in [0.5, 0.6) is 5.75 Å². The maximum atomic E-state index is 12.4. The first-order valence-corrected chi connectivity index (χ1v) is 11.6. The maximum Gasteiger partial charge on any atom is 0.225 e. The van der Waals surface area contributed by atoms with Gasteiger partial charge in [0.15, 0.2) is 0 Å². The molecule has 1 atom stereocenters. The third kappa shape index (κ3) is 5.34. The number of carbonyl (C=O) groups is 1. The Morgan fingerprint density at radius 1 is 1.03 bits per heavy atom. The number of carbonyl (C=O) groups excluding carboxylic acids is 1. The van der Waals surface area contributed by atoms with Crippen molar-refractivity contribution < 1.29 is 9.53 Å². The molecular formula is C26H21ClN2O2S. The molecule has 6 heteroatoms. The van der Waals surface area contributed by atoms with Crippen LogP contribution in [0, 0.1) is 11.3 Å². The highest BCUT2D eigenvalue weighted by Crippen LogP contribution is 2.38. The minimum Gasteiger partial charge on any atom is -0.489 e. The van der Waals surface area contributed by atoms with Crippen LogP contribution in [0.25, 0.3) is 0 Å². The van der Waals surface area contributed by atoms with Crippen LogP contribution in [-0.2, 0) is 17.2 Å². The maximum absolute atomic E-state index is 12.4. The van der Waals surface area contributed by atoms with E-state index in [9.17, 15) is 10.1 Å². The Morgan fingerprint density at radius 3 is 2.47 bits per heavy atom. The fourth-order valence-corrected chi connectivity index (χ4v) is 4.88. The van der Waals surface area contributed by atoms with Gasteiger partial charge in [0.1, 0.15) is 12.4 Å². The van der Waals surface area contributed by atoms with Crippen LogP contribution in [0.1, 0.15) is 29.0 Å². The predicted molar refractivity (Wildman–Crippen MR) is 128 cm³/mol. The molecule has 1 heterocycles. The van der Waals surface area contributed by atoms with Crippen molar-refractivity contribution >= 4 is 29.3 Å². The zero-order valence-electron chi connectivity index (χ0n) is 17.3. The summed E-state index contributed by atoms with van der Waals surface area (Å²) in [5.74, 6) is 0.929. The van der Waals surface area contributed by atoms with Crippen LogP contribution in [-0.4, -0.2) is 5.91 Å². The van der Waals surface area contributed by atoms with E-state index < -0.39 is 0 Å². The molecule has 1 N–H and O–H groups in total. The van der Waals surface area contributed by atoms with Gasteiger partial charge in [0, 0.05) is 23.1 Å². The molecule has 32 heavy (non-hydrogen) atoms. The Labute approximate surface area is 196 Å². The first kappa shape index (κ1) is 22.0. The second-order valence-electron chi connectivity index (χ2n) is 7.38. The summed E-state index contributed by atoms with van der Waals surface area (Å²) in [5, 5.41) is 14.0. The van der Waals surface area contributed by atoms with E-state index in [1.54, 1.807) is 0 Å². The van der Waals surface area contributed by atoms with Crippen molar-refractivity contribution in [2.24, 2.45) is 0 Å². The van der Waals surface area contributed by atoms with Gasteiger partial charge in [-0.1, -0.05) is 72.3 Å². The van der Waals surface area contributed by atoms with Crippen molar-refractivity contribution in [2.45, 2.75) is 24.7 Å². The minimum absolute atomic E-state index is 0.0972. The summed E-state index contributed by atoms with van der Waals surface area (Å²) in [6, 6.07) is 27.5. The van der Waals surface area contributed by atoms with Crippen LogP contribution < -0.4 is 10.1 Å². The molecule has 0 bridgehead atoms. The van der Waals surface area contributed by atoms with E-state index in [0.717, 1.165) is 22.4 Å². The van der Waals surface area contributed by atoms with E-state index in [4.69, 9.17) is 16.3 Å².